The zero-order valence-corrected chi connectivity index (χ0v) is 22.8. The van der Waals surface area contributed by atoms with Crippen molar-refractivity contribution in [2.24, 2.45) is 17.8 Å². The van der Waals surface area contributed by atoms with E-state index in [-0.39, 0.29) is 24.3 Å². The van der Waals surface area contributed by atoms with E-state index < -0.39 is 30.0 Å². The van der Waals surface area contributed by atoms with E-state index in [1.54, 1.807) is 14.1 Å². The van der Waals surface area contributed by atoms with Crippen molar-refractivity contribution in [2.45, 2.75) is 77.5 Å². The van der Waals surface area contributed by atoms with E-state index in [0.29, 0.717) is 44.3 Å². The first-order valence-electron chi connectivity index (χ1n) is 13.2. The lowest BCUT2D eigenvalue weighted by Gasteiger charge is -2.28. The van der Waals surface area contributed by atoms with E-state index in [1.165, 1.54) is 4.90 Å². The van der Waals surface area contributed by atoms with E-state index in [0.717, 1.165) is 5.56 Å². The Labute approximate surface area is 221 Å². The largest absolute Gasteiger partial charge is 0.446 e. The molecule has 204 valence electrons. The molecule has 2 N–H and O–H groups in total. The molecule has 1 aliphatic heterocycles. The summed E-state index contributed by atoms with van der Waals surface area (Å²) in [6, 6.07) is 8.09. The van der Waals surface area contributed by atoms with Crippen molar-refractivity contribution in [1.82, 2.24) is 15.5 Å². The third-order valence-corrected chi connectivity index (χ3v) is 6.61. The molecule has 1 aromatic carbocycles. The number of cyclic esters (lactones) is 1. The minimum absolute atomic E-state index is 0.0987. The van der Waals surface area contributed by atoms with Crippen LogP contribution in [-0.2, 0) is 25.5 Å². The third-order valence-electron chi connectivity index (χ3n) is 6.61. The zero-order valence-electron chi connectivity index (χ0n) is 22.8. The third kappa shape index (κ3) is 10.4. The van der Waals surface area contributed by atoms with Gasteiger partial charge in [-0.25, -0.2) is 4.79 Å². The van der Waals surface area contributed by atoms with Crippen molar-refractivity contribution in [3.8, 4) is 0 Å². The number of ether oxygens (including phenoxy) is 1. The van der Waals surface area contributed by atoms with Gasteiger partial charge in [0.2, 0.25) is 11.8 Å². The molecule has 8 heteroatoms. The first-order chi connectivity index (χ1) is 17.6. The van der Waals surface area contributed by atoms with Gasteiger partial charge in [0.05, 0.1) is 6.04 Å². The summed E-state index contributed by atoms with van der Waals surface area (Å²) in [5.41, 5.74) is 1.05. The Kier molecular flexibility index (Phi) is 12.3. The highest BCUT2D eigenvalue weighted by Gasteiger charge is 2.32. The number of amides is 3. The molecular weight excluding hydrogens is 470 g/mol. The van der Waals surface area contributed by atoms with E-state index in [4.69, 9.17) is 4.74 Å². The van der Waals surface area contributed by atoms with Gasteiger partial charge in [0.15, 0.2) is 0 Å². The van der Waals surface area contributed by atoms with Crippen LogP contribution in [0, 0.1) is 17.8 Å². The Bertz CT molecular complexity index is 915. The van der Waals surface area contributed by atoms with Crippen LogP contribution in [0.4, 0.5) is 4.79 Å². The molecule has 5 atom stereocenters. The quantitative estimate of drug-likeness (QED) is 0.425. The first kappa shape index (κ1) is 30.1. The Morgan fingerprint density at radius 1 is 1.11 bits per heavy atom. The van der Waals surface area contributed by atoms with Crippen molar-refractivity contribution < 1.29 is 23.9 Å². The van der Waals surface area contributed by atoms with Gasteiger partial charge < -0.3 is 25.1 Å². The number of alkyl carbamates (subject to hydrolysis) is 1. The predicted octanol–water partition coefficient (Wildman–Crippen LogP) is 3.89. The first-order valence-corrected chi connectivity index (χ1v) is 13.2. The lowest BCUT2D eigenvalue weighted by atomic mass is 9.90. The molecule has 1 aliphatic rings. The van der Waals surface area contributed by atoms with Crippen LogP contribution in [0.3, 0.4) is 0 Å². The van der Waals surface area contributed by atoms with Gasteiger partial charge in [0.25, 0.3) is 0 Å². The number of rotatable bonds is 7. The average molecular weight is 514 g/mol. The molecule has 0 aromatic heterocycles. The highest BCUT2D eigenvalue weighted by Crippen LogP contribution is 2.20. The summed E-state index contributed by atoms with van der Waals surface area (Å²) in [7, 11) is 3.36. The normalized spacial score (nSPS) is 25.5. The second-order valence-corrected chi connectivity index (χ2v) is 10.6. The van der Waals surface area contributed by atoms with E-state index >= 15 is 0 Å². The second-order valence-electron chi connectivity index (χ2n) is 10.6. The van der Waals surface area contributed by atoms with Crippen LogP contribution in [0.1, 0.15) is 58.4 Å². The van der Waals surface area contributed by atoms with Crippen molar-refractivity contribution in [3.05, 3.63) is 48.0 Å². The van der Waals surface area contributed by atoms with Crippen molar-refractivity contribution in [2.75, 3.05) is 14.1 Å². The Hall–Kier alpha value is -3.16. The van der Waals surface area contributed by atoms with Crippen LogP contribution in [0.25, 0.3) is 0 Å². The Morgan fingerprint density at radius 2 is 1.81 bits per heavy atom. The maximum atomic E-state index is 13.3. The summed E-state index contributed by atoms with van der Waals surface area (Å²) in [4.78, 5) is 52.5. The molecule has 0 saturated carbocycles. The number of allylic oxidation sites excluding steroid dienone is 2. The summed E-state index contributed by atoms with van der Waals surface area (Å²) in [5.74, 6) is -0.895. The van der Waals surface area contributed by atoms with Crippen molar-refractivity contribution >= 4 is 24.2 Å². The fourth-order valence-corrected chi connectivity index (χ4v) is 4.79. The molecule has 0 aliphatic carbocycles. The molecule has 2 rings (SSSR count). The lowest BCUT2D eigenvalue weighted by molar-refractivity contribution is -0.134. The maximum absolute atomic E-state index is 13.3. The average Bonchev–Trinajstić information content (AvgIpc) is 2.84. The zero-order chi connectivity index (χ0) is 27.4. The van der Waals surface area contributed by atoms with Crippen LogP contribution in [0.5, 0.6) is 0 Å². The van der Waals surface area contributed by atoms with Gasteiger partial charge in [-0.05, 0) is 49.5 Å². The second kappa shape index (κ2) is 15.2. The minimum Gasteiger partial charge on any atom is -0.446 e. The van der Waals surface area contributed by atoms with Crippen LogP contribution in [0.15, 0.2) is 42.5 Å². The Balaban J connectivity index is 2.34. The van der Waals surface area contributed by atoms with Gasteiger partial charge in [-0.1, -0.05) is 63.3 Å². The van der Waals surface area contributed by atoms with Gasteiger partial charge in [-0.2, -0.15) is 0 Å². The van der Waals surface area contributed by atoms with E-state index in [1.807, 2.05) is 63.3 Å². The molecule has 37 heavy (non-hydrogen) atoms. The maximum Gasteiger partial charge on any atom is 0.408 e. The van der Waals surface area contributed by atoms with Crippen LogP contribution < -0.4 is 10.6 Å². The number of hydrogen-bond donors (Lipinski definition) is 2. The van der Waals surface area contributed by atoms with E-state index in [2.05, 4.69) is 10.6 Å². The number of nitrogens with one attached hydrogen (secondary N) is 2. The van der Waals surface area contributed by atoms with Gasteiger partial charge in [-0.15, -0.1) is 0 Å². The summed E-state index contributed by atoms with van der Waals surface area (Å²) in [6.07, 6.45) is 6.68. The standard InChI is InChI=1S/C29H43N3O5/c1-20(2)16-21(3)26-27(34)30-24(19-33)18-23(28(35)32(4)5)14-10-7-11-15-25(37-29(36)31-26)17-22-12-8-6-9-13-22/h6-10,12-13,19-21,23-26H,11,14-18H2,1-5H3,(H,30,34)(H,31,36)/b10-7+/t21?,23?,24-,25?,26-/m0/s1. The van der Waals surface area contributed by atoms with Crippen molar-refractivity contribution in [1.29, 1.82) is 0 Å². The van der Waals surface area contributed by atoms with Crippen LogP contribution >= 0.6 is 0 Å². The fourth-order valence-electron chi connectivity index (χ4n) is 4.79. The number of aldehydes is 1. The molecular formula is C29H43N3O5. The highest BCUT2D eigenvalue weighted by molar-refractivity contribution is 5.88. The molecule has 0 bridgehead atoms. The molecule has 3 unspecified atom stereocenters. The molecule has 0 spiro atoms. The molecule has 0 radical (unpaired) electrons. The van der Waals surface area contributed by atoms with Gasteiger partial charge in [-0.3, -0.25) is 9.59 Å². The van der Waals surface area contributed by atoms with Crippen LogP contribution in [-0.4, -0.2) is 61.4 Å². The Morgan fingerprint density at radius 3 is 2.43 bits per heavy atom. The molecule has 1 heterocycles. The van der Waals surface area contributed by atoms with Gasteiger partial charge in [0.1, 0.15) is 18.4 Å². The monoisotopic (exact) mass is 513 g/mol. The molecule has 0 fully saturated rings. The number of carbonyl (C=O) groups is 4. The summed E-state index contributed by atoms with van der Waals surface area (Å²) >= 11 is 0. The van der Waals surface area contributed by atoms with Crippen LogP contribution in [0.2, 0.25) is 0 Å². The fraction of sp³-hybridized carbons (Fsp3) is 0.586. The molecule has 1 aromatic rings. The molecule has 0 saturated heterocycles. The van der Waals surface area contributed by atoms with Gasteiger partial charge >= 0.3 is 6.09 Å². The summed E-state index contributed by atoms with van der Waals surface area (Å²) < 4.78 is 5.81. The van der Waals surface area contributed by atoms with Gasteiger partial charge in [0, 0.05) is 26.4 Å². The number of hydrogen-bond acceptors (Lipinski definition) is 5. The minimum atomic E-state index is -0.874. The van der Waals surface area contributed by atoms with E-state index in [9.17, 15) is 19.2 Å². The smallest absolute Gasteiger partial charge is 0.408 e. The topological polar surface area (TPSA) is 105 Å². The SMILES string of the molecule is CC(C)CC(C)[C@@H]1NC(=O)OC(Cc2ccccc2)CC/C=C/CC(C(=O)N(C)C)C[C@@H](C=O)NC1=O. The number of benzene rings is 1. The summed E-state index contributed by atoms with van der Waals surface area (Å²) in [6.45, 7) is 6.00. The summed E-state index contributed by atoms with van der Waals surface area (Å²) in [5, 5.41) is 5.54. The number of carbonyl (C=O) groups excluding carboxylic acids is 4. The highest BCUT2D eigenvalue weighted by atomic mass is 16.6. The number of nitrogens with zero attached hydrogens (tertiary/aromatic N) is 1. The molecule has 3 amide bonds. The predicted molar refractivity (Wildman–Crippen MR) is 144 cm³/mol. The van der Waals surface area contributed by atoms with Crippen molar-refractivity contribution in [3.63, 3.8) is 0 Å². The lowest BCUT2D eigenvalue weighted by Crippen LogP contribution is -2.54. The molecule has 8 nitrogen and oxygen atoms in total.